The van der Waals surface area contributed by atoms with Crippen LogP contribution in [0, 0.1) is 3.57 Å². The van der Waals surface area contributed by atoms with E-state index in [-0.39, 0.29) is 0 Å². The summed E-state index contributed by atoms with van der Waals surface area (Å²) >= 11 is 2.41. The van der Waals surface area contributed by atoms with Crippen LogP contribution in [0.25, 0.3) is 32.9 Å². The lowest BCUT2D eigenvalue weighted by molar-refractivity contribution is -0.149. The van der Waals surface area contributed by atoms with E-state index in [1.165, 1.54) is 25.4 Å². The topological polar surface area (TPSA) is 73.8 Å². The van der Waals surface area contributed by atoms with Crippen molar-refractivity contribution < 1.29 is 23.8 Å². The number of halogens is 1. The lowest BCUT2D eigenvalue weighted by Gasteiger charge is -2.13. The molecule has 0 radical (unpaired) electrons. The number of fused-ring (bicyclic) bond motifs is 3. The number of benzene rings is 3. The van der Waals surface area contributed by atoms with Crippen LogP contribution in [0.2, 0.25) is 0 Å². The van der Waals surface area contributed by atoms with Crippen molar-refractivity contribution >= 4 is 50.4 Å². The van der Waals surface area contributed by atoms with Gasteiger partial charge in [-0.2, -0.15) is 0 Å². The highest BCUT2D eigenvalue weighted by atomic mass is 127. The summed E-state index contributed by atoms with van der Waals surface area (Å²) in [4.78, 5) is 11.3. The Hall–Kier alpha value is -3.30. The Bertz CT molecular complexity index is 1490. The number of carbonyl (C=O) groups is 1. The van der Waals surface area contributed by atoms with Crippen LogP contribution < -0.4 is 4.74 Å². The second kappa shape index (κ2) is 10.8. The second-order valence-corrected chi connectivity index (χ2v) is 9.68. The molecule has 5 aromatic rings. The van der Waals surface area contributed by atoms with Gasteiger partial charge in [-0.05, 0) is 77.0 Å². The number of rotatable bonds is 10. The van der Waals surface area contributed by atoms with Gasteiger partial charge in [0.2, 0.25) is 0 Å². The number of ether oxygens (including phenoxy) is 2. The highest BCUT2D eigenvalue weighted by molar-refractivity contribution is 14.1. The van der Waals surface area contributed by atoms with Crippen molar-refractivity contribution in [3.63, 3.8) is 0 Å². The van der Waals surface area contributed by atoms with E-state index in [1.54, 1.807) is 19.5 Å². The van der Waals surface area contributed by atoms with Gasteiger partial charge in [0.05, 0.1) is 24.6 Å². The molecule has 0 bridgehead atoms. The maximum absolute atomic E-state index is 11.3. The third-order valence-corrected chi connectivity index (χ3v) is 7.07. The van der Waals surface area contributed by atoms with Crippen molar-refractivity contribution in [3.05, 3.63) is 88.4 Å². The van der Waals surface area contributed by atoms with Crippen LogP contribution in [0.4, 0.5) is 0 Å². The first-order valence-corrected chi connectivity index (χ1v) is 12.9. The Labute approximate surface area is 222 Å². The van der Waals surface area contributed by atoms with Gasteiger partial charge in [0.25, 0.3) is 0 Å². The van der Waals surface area contributed by atoms with Crippen LogP contribution in [0.1, 0.15) is 12.5 Å². The summed E-state index contributed by atoms with van der Waals surface area (Å²) in [7, 11) is 0. The molecule has 0 aliphatic rings. The zero-order valence-corrected chi connectivity index (χ0v) is 22.0. The van der Waals surface area contributed by atoms with Gasteiger partial charge in [0, 0.05) is 38.5 Å². The average molecular weight is 595 g/mol. The number of aromatic nitrogens is 1. The van der Waals surface area contributed by atoms with Gasteiger partial charge in [-0.1, -0.05) is 30.3 Å². The molecule has 0 saturated carbocycles. The lowest BCUT2D eigenvalue weighted by Crippen LogP contribution is -2.26. The van der Waals surface area contributed by atoms with Crippen LogP contribution in [0.5, 0.6) is 5.75 Å². The molecule has 6 nitrogen and oxygen atoms in total. The molecule has 0 aliphatic carbocycles. The Kier molecular flexibility index (Phi) is 7.29. The van der Waals surface area contributed by atoms with Gasteiger partial charge in [-0.15, -0.1) is 0 Å². The summed E-state index contributed by atoms with van der Waals surface area (Å²) in [6, 6.07) is 22.4. The third-order valence-electron chi connectivity index (χ3n) is 6.24. The third kappa shape index (κ3) is 4.99. The normalized spacial score (nSPS) is 12.3. The summed E-state index contributed by atoms with van der Waals surface area (Å²) in [6.45, 7) is 3.36. The standard InChI is InChI=1S/C29H26INO5/c1-2-35-27(29(32)33)15-19-7-9-22(10-8-19)36-14-12-31-26-6-4-3-5-23(26)24-16-21(17-25(30)28(24)31)20-11-13-34-18-20/h3-11,13,16-18,27H,2,12,14-15H2,1H3,(H,32,33). The largest absolute Gasteiger partial charge is 0.492 e. The van der Waals surface area contributed by atoms with E-state index in [9.17, 15) is 9.90 Å². The first kappa shape index (κ1) is 24.4. The Morgan fingerprint density at radius 1 is 1.06 bits per heavy atom. The molecule has 1 atom stereocenters. The fraction of sp³-hybridized carbons (Fsp3) is 0.207. The molecule has 2 heterocycles. The van der Waals surface area contributed by atoms with E-state index in [0.717, 1.165) is 22.4 Å². The molecule has 36 heavy (non-hydrogen) atoms. The van der Waals surface area contributed by atoms with Crippen LogP contribution in [-0.2, 0) is 22.5 Å². The summed E-state index contributed by atoms with van der Waals surface area (Å²) in [6.07, 6.45) is 2.95. The minimum Gasteiger partial charge on any atom is -0.492 e. The van der Waals surface area contributed by atoms with Crippen molar-refractivity contribution in [2.24, 2.45) is 0 Å². The van der Waals surface area contributed by atoms with Crippen LogP contribution in [-0.4, -0.2) is 35.0 Å². The highest BCUT2D eigenvalue weighted by Crippen LogP contribution is 2.36. The molecule has 5 rings (SSSR count). The average Bonchev–Trinajstić information content (AvgIpc) is 3.52. The smallest absolute Gasteiger partial charge is 0.333 e. The molecule has 1 N–H and O–H groups in total. The molecule has 0 aliphatic heterocycles. The van der Waals surface area contributed by atoms with E-state index in [1.807, 2.05) is 30.3 Å². The van der Waals surface area contributed by atoms with Crippen molar-refractivity contribution in [1.82, 2.24) is 4.57 Å². The minimum atomic E-state index is -0.949. The van der Waals surface area contributed by atoms with Gasteiger partial charge in [-0.3, -0.25) is 0 Å². The maximum Gasteiger partial charge on any atom is 0.333 e. The van der Waals surface area contributed by atoms with E-state index in [4.69, 9.17) is 13.9 Å². The molecule has 0 amide bonds. The maximum atomic E-state index is 11.3. The molecule has 2 aromatic heterocycles. The lowest BCUT2D eigenvalue weighted by atomic mass is 10.1. The SMILES string of the molecule is CCOC(Cc1ccc(OCCn2c3ccccc3c3cc(-c4ccoc4)cc(I)c32)cc1)C(=O)O. The Balaban J connectivity index is 1.35. The molecule has 0 spiro atoms. The van der Waals surface area contributed by atoms with Gasteiger partial charge in [0.15, 0.2) is 6.10 Å². The number of carboxylic acid groups (broad SMARTS) is 1. The van der Waals surface area contributed by atoms with Gasteiger partial charge < -0.3 is 23.6 Å². The molecule has 7 heteroatoms. The van der Waals surface area contributed by atoms with Gasteiger partial charge in [0.1, 0.15) is 12.4 Å². The zero-order valence-electron chi connectivity index (χ0n) is 19.8. The number of aliphatic carboxylic acids is 1. The number of hydrogen-bond acceptors (Lipinski definition) is 4. The predicted molar refractivity (Wildman–Crippen MR) is 149 cm³/mol. The van der Waals surface area contributed by atoms with Crippen LogP contribution in [0.15, 0.2) is 83.7 Å². The van der Waals surface area contributed by atoms with E-state index in [2.05, 4.69) is 63.6 Å². The van der Waals surface area contributed by atoms with Crippen molar-refractivity contribution in [2.45, 2.75) is 26.0 Å². The van der Waals surface area contributed by atoms with Crippen LogP contribution >= 0.6 is 22.6 Å². The van der Waals surface area contributed by atoms with Crippen molar-refractivity contribution in [3.8, 4) is 16.9 Å². The number of furan rings is 1. The fourth-order valence-electron chi connectivity index (χ4n) is 4.57. The van der Waals surface area contributed by atoms with Crippen molar-refractivity contribution in [1.29, 1.82) is 0 Å². The minimum absolute atomic E-state index is 0.323. The molecule has 0 saturated heterocycles. The molecule has 0 fully saturated rings. The van der Waals surface area contributed by atoms with E-state index >= 15 is 0 Å². The highest BCUT2D eigenvalue weighted by Gasteiger charge is 2.18. The monoisotopic (exact) mass is 595 g/mol. The van der Waals surface area contributed by atoms with Gasteiger partial charge >= 0.3 is 5.97 Å². The first-order chi connectivity index (χ1) is 17.5. The van der Waals surface area contributed by atoms with Gasteiger partial charge in [-0.25, -0.2) is 4.79 Å². The number of nitrogens with zero attached hydrogens (tertiary/aromatic N) is 1. The van der Waals surface area contributed by atoms with Crippen LogP contribution in [0.3, 0.4) is 0 Å². The van der Waals surface area contributed by atoms with E-state index in [0.29, 0.717) is 26.2 Å². The molecule has 1 unspecified atom stereocenters. The number of carboxylic acids is 1. The van der Waals surface area contributed by atoms with Crippen molar-refractivity contribution in [2.75, 3.05) is 13.2 Å². The summed E-state index contributed by atoms with van der Waals surface area (Å²) in [5.74, 6) is -0.199. The van der Waals surface area contributed by atoms with E-state index < -0.39 is 12.1 Å². The second-order valence-electron chi connectivity index (χ2n) is 8.51. The number of para-hydroxylation sites is 1. The Morgan fingerprint density at radius 2 is 1.86 bits per heavy atom. The Morgan fingerprint density at radius 3 is 2.58 bits per heavy atom. The summed E-state index contributed by atoms with van der Waals surface area (Å²) in [5, 5.41) is 11.7. The first-order valence-electron chi connectivity index (χ1n) is 11.8. The number of hydrogen-bond donors (Lipinski definition) is 1. The quantitative estimate of drug-likeness (QED) is 0.181. The zero-order chi connectivity index (χ0) is 25.1. The summed E-state index contributed by atoms with van der Waals surface area (Å²) in [5.41, 5.74) is 5.46. The molecule has 184 valence electrons. The molecule has 3 aromatic carbocycles. The predicted octanol–water partition coefficient (Wildman–Crippen LogP) is 6.77. The molecular formula is C29H26INO5. The molecular weight excluding hydrogens is 569 g/mol. The fourth-order valence-corrected chi connectivity index (χ4v) is 5.49. The summed E-state index contributed by atoms with van der Waals surface area (Å²) < 4.78 is 20.2.